The van der Waals surface area contributed by atoms with Crippen LogP contribution < -0.4 is 9.88 Å². The normalized spacial score (nSPS) is 23.9. The van der Waals surface area contributed by atoms with Gasteiger partial charge in [0.15, 0.2) is 0 Å². The highest BCUT2D eigenvalue weighted by atomic mass is 32.2. The fraction of sp³-hybridized carbons (Fsp3) is 0.545. The minimum absolute atomic E-state index is 0.0105. The Kier molecular flexibility index (Phi) is 12.7. The number of fused-ring (bicyclic) bond motifs is 1. The molecule has 2 N–H and O–H groups in total. The number of amides is 3. The summed E-state index contributed by atoms with van der Waals surface area (Å²) in [7, 11) is 0. The van der Waals surface area contributed by atoms with Crippen LogP contribution in [0, 0.1) is 11.8 Å². The first-order valence-corrected chi connectivity index (χ1v) is 16.8. The molecule has 13 nitrogen and oxygen atoms in total. The molecule has 4 rings (SSSR count). The molecule has 3 aliphatic heterocycles. The number of nitrogens with zero attached hydrogens (tertiary/aromatic N) is 4. The highest BCUT2D eigenvalue weighted by Gasteiger charge is 2.60. The maximum Gasteiger partial charge on any atom is 0.410 e. The number of rotatable bonds is 17. The van der Waals surface area contributed by atoms with Gasteiger partial charge in [-0.3, -0.25) is 4.79 Å². The van der Waals surface area contributed by atoms with E-state index in [9.17, 15) is 24.3 Å². The molecule has 0 bridgehead atoms. The zero-order valence-electron chi connectivity index (χ0n) is 27.1. The molecule has 0 unspecified atom stereocenters. The number of aliphatic hydroxyl groups excluding tert-OH is 1. The van der Waals surface area contributed by atoms with Crippen LogP contribution in [-0.4, -0.2) is 99.9 Å². The molecule has 4 heterocycles. The molecule has 14 heteroatoms. The van der Waals surface area contributed by atoms with Crippen molar-refractivity contribution in [2.75, 3.05) is 32.9 Å². The third-order valence-electron chi connectivity index (χ3n) is 8.52. The van der Waals surface area contributed by atoms with Crippen LogP contribution in [0.4, 0.5) is 9.59 Å². The molecule has 0 aliphatic carbocycles. The lowest BCUT2D eigenvalue weighted by Crippen LogP contribution is -2.63. The Hall–Kier alpha value is -4.04. The molecule has 0 aromatic carbocycles. The summed E-state index contributed by atoms with van der Waals surface area (Å²) >= 11 is 1.50. The second kappa shape index (κ2) is 16.7. The second-order valence-electron chi connectivity index (χ2n) is 11.8. The molecule has 256 valence electrons. The summed E-state index contributed by atoms with van der Waals surface area (Å²) in [6, 6.07) is -0.451. The Balaban J connectivity index is 1.42. The van der Waals surface area contributed by atoms with Gasteiger partial charge in [0, 0.05) is 48.0 Å². The Labute approximate surface area is 279 Å². The molecule has 47 heavy (non-hydrogen) atoms. The Morgan fingerprint density at radius 2 is 1.85 bits per heavy atom. The van der Waals surface area contributed by atoms with Crippen LogP contribution in [0.1, 0.15) is 33.1 Å². The van der Waals surface area contributed by atoms with Gasteiger partial charge >= 0.3 is 18.2 Å². The van der Waals surface area contributed by atoms with Gasteiger partial charge in [-0.25, -0.2) is 23.5 Å². The summed E-state index contributed by atoms with van der Waals surface area (Å²) in [6.07, 6.45) is 10.8. The summed E-state index contributed by atoms with van der Waals surface area (Å²) in [5.41, 5.74) is 0.223. The number of hydrogen-bond acceptors (Lipinski definition) is 9. The second-order valence-corrected chi connectivity index (χ2v) is 13.2. The van der Waals surface area contributed by atoms with Gasteiger partial charge in [-0.2, -0.15) is 0 Å². The molecule has 3 amide bonds. The minimum atomic E-state index is -0.845. The largest absolute Gasteiger partial charge is 0.457 e. The number of β-lactam (4-membered cyclic amide) rings is 1. The third-order valence-corrected chi connectivity index (χ3v) is 10.0. The summed E-state index contributed by atoms with van der Waals surface area (Å²) in [5.74, 6) is -1.66. The lowest BCUT2D eigenvalue weighted by atomic mass is 9.79. The lowest BCUT2D eigenvalue weighted by molar-refractivity contribution is -0.696. The Morgan fingerprint density at radius 3 is 2.55 bits per heavy atom. The molecular weight excluding hydrogens is 626 g/mol. The molecule has 3 aliphatic rings. The maximum atomic E-state index is 13.2. The molecule has 1 aromatic heterocycles. The summed E-state index contributed by atoms with van der Waals surface area (Å²) in [5, 5.41) is 13.0. The van der Waals surface area contributed by atoms with Crippen LogP contribution in [0.25, 0.3) is 0 Å². The van der Waals surface area contributed by atoms with Crippen molar-refractivity contribution in [2.45, 2.75) is 69.6 Å². The standard InChI is InChI=1S/C33H45N5O8S/c1-6-16-44-31(41)28-29(22(4)27-26(23(5)39)30(40)38(27)28)47-25-19-24(37(20-25)33(43)46-18-8-3)10-13-36-15-14-35(21-36)12-9-11-34-32(42)45-17-7-2/h6-8,14-15,21-27,39H,1-3,9-13,16-20H2,4-5H3/p+1/t22-,23-,24-,25+,26-,27-/m1/s1. The highest BCUT2D eigenvalue weighted by molar-refractivity contribution is 8.03. The zero-order chi connectivity index (χ0) is 34.1. The first-order valence-electron chi connectivity index (χ1n) is 15.9. The van der Waals surface area contributed by atoms with E-state index in [1.165, 1.54) is 34.9 Å². The van der Waals surface area contributed by atoms with Crippen molar-refractivity contribution in [1.82, 2.24) is 19.7 Å². The predicted octanol–water partition coefficient (Wildman–Crippen LogP) is 2.77. The minimum Gasteiger partial charge on any atom is -0.457 e. The molecule has 0 radical (unpaired) electrons. The lowest BCUT2D eigenvalue weighted by Gasteiger charge is -2.46. The van der Waals surface area contributed by atoms with E-state index in [4.69, 9.17) is 14.2 Å². The number of ether oxygens (including phenoxy) is 3. The van der Waals surface area contributed by atoms with Gasteiger partial charge in [-0.15, -0.1) is 11.8 Å². The van der Waals surface area contributed by atoms with Gasteiger partial charge in [-0.1, -0.05) is 44.9 Å². The van der Waals surface area contributed by atoms with E-state index in [1.807, 2.05) is 30.2 Å². The van der Waals surface area contributed by atoms with Crippen LogP contribution in [-0.2, 0) is 36.9 Å². The average molecular weight is 673 g/mol. The summed E-state index contributed by atoms with van der Waals surface area (Å²) < 4.78 is 19.8. The third kappa shape index (κ3) is 8.47. The van der Waals surface area contributed by atoms with E-state index in [1.54, 1.807) is 11.8 Å². The number of imidazole rings is 1. The number of likely N-dealkylation sites (tertiary alicyclic amines) is 1. The topological polar surface area (TPSA) is 144 Å². The number of thioether (sulfide) groups is 1. The number of aryl methyl sites for hydroxylation is 2. The summed E-state index contributed by atoms with van der Waals surface area (Å²) in [6.45, 7) is 16.8. The number of aromatic nitrogens is 2. The predicted molar refractivity (Wildman–Crippen MR) is 175 cm³/mol. The monoisotopic (exact) mass is 672 g/mol. The van der Waals surface area contributed by atoms with Gasteiger partial charge in [0.2, 0.25) is 12.2 Å². The molecule has 6 atom stereocenters. The SMILES string of the molecule is C=CCOC(=O)NCCC[n+]1ccn(CC[C@@H]2C[C@H](SC3=C(C(=O)OCC=C)N4C(=O)[C@H]([C@@H](C)O)[C@H]4[C@H]3C)CN2C(=O)OCC=C)c1. The van der Waals surface area contributed by atoms with Gasteiger partial charge in [0.1, 0.15) is 37.9 Å². The molecule has 2 fully saturated rings. The van der Waals surface area contributed by atoms with Crippen molar-refractivity contribution in [3.8, 4) is 0 Å². The molecule has 2 saturated heterocycles. The number of nitrogens with one attached hydrogen (secondary N) is 1. The van der Waals surface area contributed by atoms with Crippen LogP contribution in [0.3, 0.4) is 0 Å². The van der Waals surface area contributed by atoms with Crippen molar-refractivity contribution in [3.05, 3.63) is 67.3 Å². The van der Waals surface area contributed by atoms with Crippen LogP contribution in [0.5, 0.6) is 0 Å². The molecule has 1 aromatic rings. The quantitative estimate of drug-likeness (QED) is 0.0638. The average Bonchev–Trinajstić information content (AvgIpc) is 3.74. The Bertz CT molecular complexity index is 1380. The fourth-order valence-corrected chi connectivity index (χ4v) is 7.92. The van der Waals surface area contributed by atoms with Crippen molar-refractivity contribution < 1.29 is 43.1 Å². The summed E-state index contributed by atoms with van der Waals surface area (Å²) in [4.78, 5) is 54.9. The molecule has 0 spiro atoms. The number of carbonyl (C=O) groups is 4. The molecular formula is C33H46N5O8S+. The number of carbonyl (C=O) groups excluding carboxylic acids is 4. The van der Waals surface area contributed by atoms with Crippen molar-refractivity contribution in [1.29, 1.82) is 0 Å². The fourth-order valence-electron chi connectivity index (χ4n) is 6.36. The van der Waals surface area contributed by atoms with Gasteiger partial charge in [-0.05, 0) is 13.3 Å². The van der Waals surface area contributed by atoms with Crippen molar-refractivity contribution >= 4 is 35.8 Å². The van der Waals surface area contributed by atoms with Crippen LogP contribution >= 0.6 is 11.8 Å². The van der Waals surface area contributed by atoms with E-state index in [0.717, 1.165) is 11.3 Å². The number of hydrogen-bond donors (Lipinski definition) is 2. The van der Waals surface area contributed by atoms with E-state index in [-0.39, 0.29) is 54.7 Å². The van der Waals surface area contributed by atoms with E-state index < -0.39 is 30.2 Å². The van der Waals surface area contributed by atoms with Gasteiger partial charge < -0.3 is 34.4 Å². The zero-order valence-corrected chi connectivity index (χ0v) is 27.9. The van der Waals surface area contributed by atoms with Crippen LogP contribution in [0.15, 0.2) is 67.3 Å². The maximum absolute atomic E-state index is 13.2. The molecule has 0 saturated carbocycles. The smallest absolute Gasteiger partial charge is 0.410 e. The van der Waals surface area contributed by atoms with Crippen molar-refractivity contribution in [2.24, 2.45) is 11.8 Å². The number of esters is 1. The van der Waals surface area contributed by atoms with E-state index >= 15 is 0 Å². The van der Waals surface area contributed by atoms with Gasteiger partial charge in [0.05, 0.1) is 31.2 Å². The first kappa shape index (κ1) is 35.8. The Morgan fingerprint density at radius 1 is 1.15 bits per heavy atom. The van der Waals surface area contributed by atoms with Gasteiger partial charge in [0.25, 0.3) is 0 Å². The number of alkyl carbamates (subject to hydrolysis) is 1. The number of aliphatic hydroxyl groups is 1. The van der Waals surface area contributed by atoms with E-state index in [2.05, 4.69) is 29.6 Å². The van der Waals surface area contributed by atoms with Crippen molar-refractivity contribution in [3.63, 3.8) is 0 Å². The van der Waals surface area contributed by atoms with Crippen LogP contribution in [0.2, 0.25) is 0 Å². The highest BCUT2D eigenvalue weighted by Crippen LogP contribution is 2.52. The van der Waals surface area contributed by atoms with E-state index in [0.29, 0.717) is 39.0 Å². The first-order chi connectivity index (χ1) is 22.6.